The fourth-order valence-electron chi connectivity index (χ4n) is 1.56. The molecule has 1 heterocycles. The quantitative estimate of drug-likeness (QED) is 0.807. The summed E-state index contributed by atoms with van der Waals surface area (Å²) < 4.78 is 0. The zero-order valence-corrected chi connectivity index (χ0v) is 9.77. The Kier molecular flexibility index (Phi) is 4.56. The number of aliphatic hydroxyl groups excluding tert-OH is 1. The second-order valence-corrected chi connectivity index (χ2v) is 3.55. The van der Waals surface area contributed by atoms with Crippen LogP contribution in [0.2, 0.25) is 0 Å². The second kappa shape index (κ2) is 5.71. The Morgan fingerprint density at radius 3 is 2.33 bits per heavy atom. The van der Waals surface area contributed by atoms with Crippen LogP contribution >= 0.6 is 0 Å². The lowest BCUT2D eigenvalue weighted by Gasteiger charge is -2.20. The highest BCUT2D eigenvalue weighted by atomic mass is 16.3. The van der Waals surface area contributed by atoms with E-state index in [0.29, 0.717) is 0 Å². The predicted octanol–water partition coefficient (Wildman–Crippen LogP) is 2.37. The van der Waals surface area contributed by atoms with Crippen molar-refractivity contribution in [2.75, 3.05) is 18.0 Å². The summed E-state index contributed by atoms with van der Waals surface area (Å²) >= 11 is 0. The molecule has 0 aromatic carbocycles. The van der Waals surface area contributed by atoms with Crippen molar-refractivity contribution in [3.63, 3.8) is 0 Å². The molecule has 1 N–H and O–H groups in total. The summed E-state index contributed by atoms with van der Waals surface area (Å²) in [5.41, 5.74) is 0.897. The fourth-order valence-corrected chi connectivity index (χ4v) is 1.56. The first-order valence-electron chi connectivity index (χ1n) is 5.61. The number of pyridine rings is 1. The van der Waals surface area contributed by atoms with E-state index in [1.807, 2.05) is 19.1 Å². The van der Waals surface area contributed by atoms with Crippen LogP contribution < -0.4 is 4.90 Å². The molecule has 1 atom stereocenters. The van der Waals surface area contributed by atoms with Gasteiger partial charge in [-0.3, -0.25) is 0 Å². The fraction of sp³-hybridized carbons (Fsp3) is 0.583. The van der Waals surface area contributed by atoms with E-state index >= 15 is 0 Å². The van der Waals surface area contributed by atoms with Gasteiger partial charge in [-0.05, 0) is 31.9 Å². The molecule has 1 unspecified atom stereocenters. The van der Waals surface area contributed by atoms with Crippen molar-refractivity contribution in [2.24, 2.45) is 0 Å². The van der Waals surface area contributed by atoms with Crippen LogP contribution in [0.15, 0.2) is 18.3 Å². The maximum Gasteiger partial charge on any atom is 0.128 e. The number of aliphatic hydroxyl groups is 1. The Morgan fingerprint density at radius 1 is 1.27 bits per heavy atom. The second-order valence-electron chi connectivity index (χ2n) is 3.55. The molecule has 0 saturated heterocycles. The number of anilines is 1. The number of nitrogens with zero attached hydrogens (tertiary/aromatic N) is 2. The highest BCUT2D eigenvalue weighted by Crippen LogP contribution is 2.18. The smallest absolute Gasteiger partial charge is 0.128 e. The van der Waals surface area contributed by atoms with Crippen LogP contribution in [0.1, 0.15) is 38.9 Å². The van der Waals surface area contributed by atoms with Gasteiger partial charge in [0.05, 0.1) is 6.10 Å². The molecule has 0 amide bonds. The molecular formula is C12H20N2O. The normalized spacial score (nSPS) is 12.5. The Bertz CT molecular complexity index is 280. The summed E-state index contributed by atoms with van der Waals surface area (Å²) in [6, 6.07) is 3.93. The number of rotatable bonds is 5. The third-order valence-corrected chi connectivity index (χ3v) is 2.63. The molecule has 0 radical (unpaired) electrons. The average molecular weight is 208 g/mol. The molecular weight excluding hydrogens is 188 g/mol. The van der Waals surface area contributed by atoms with Crippen LogP contribution in [0.25, 0.3) is 0 Å². The van der Waals surface area contributed by atoms with Crippen LogP contribution in [-0.4, -0.2) is 23.2 Å². The third kappa shape index (κ3) is 2.93. The molecule has 0 spiro atoms. The van der Waals surface area contributed by atoms with Crippen molar-refractivity contribution in [1.29, 1.82) is 0 Å². The summed E-state index contributed by atoms with van der Waals surface area (Å²) in [6.45, 7) is 8.10. The third-order valence-electron chi connectivity index (χ3n) is 2.63. The van der Waals surface area contributed by atoms with Crippen molar-refractivity contribution in [3.05, 3.63) is 23.9 Å². The molecule has 3 nitrogen and oxygen atoms in total. The SMILES string of the molecule is CCC(O)c1ccc(N(CC)CC)nc1. The molecule has 1 rings (SSSR count). The minimum Gasteiger partial charge on any atom is -0.388 e. The molecule has 0 aliphatic heterocycles. The van der Waals surface area contributed by atoms with E-state index in [0.717, 1.165) is 30.9 Å². The topological polar surface area (TPSA) is 36.4 Å². The molecule has 3 heteroatoms. The first kappa shape index (κ1) is 12.0. The molecule has 0 aliphatic rings. The maximum absolute atomic E-state index is 9.62. The summed E-state index contributed by atoms with van der Waals surface area (Å²) in [7, 11) is 0. The van der Waals surface area contributed by atoms with Crippen molar-refractivity contribution in [2.45, 2.75) is 33.3 Å². The molecule has 0 bridgehead atoms. The van der Waals surface area contributed by atoms with Crippen molar-refractivity contribution in [3.8, 4) is 0 Å². The lowest BCUT2D eigenvalue weighted by atomic mass is 10.1. The molecule has 1 aromatic rings. The largest absolute Gasteiger partial charge is 0.388 e. The van der Waals surface area contributed by atoms with Crippen LogP contribution in [0.3, 0.4) is 0 Å². The molecule has 0 aliphatic carbocycles. The van der Waals surface area contributed by atoms with Crippen LogP contribution in [0, 0.1) is 0 Å². The predicted molar refractivity (Wildman–Crippen MR) is 63.0 cm³/mol. The molecule has 84 valence electrons. The minimum absolute atomic E-state index is 0.386. The summed E-state index contributed by atoms with van der Waals surface area (Å²) in [5.74, 6) is 0.979. The zero-order valence-electron chi connectivity index (χ0n) is 9.77. The Labute approximate surface area is 91.8 Å². The lowest BCUT2D eigenvalue weighted by Crippen LogP contribution is -2.22. The van der Waals surface area contributed by atoms with Gasteiger partial charge in [0.25, 0.3) is 0 Å². The van der Waals surface area contributed by atoms with Gasteiger partial charge in [-0.25, -0.2) is 4.98 Å². The maximum atomic E-state index is 9.62. The highest BCUT2D eigenvalue weighted by molar-refractivity contribution is 5.39. The molecule has 15 heavy (non-hydrogen) atoms. The van der Waals surface area contributed by atoms with Crippen LogP contribution in [0.5, 0.6) is 0 Å². The van der Waals surface area contributed by atoms with E-state index in [9.17, 15) is 5.11 Å². The van der Waals surface area contributed by atoms with E-state index in [1.165, 1.54) is 0 Å². The number of aromatic nitrogens is 1. The van der Waals surface area contributed by atoms with Gasteiger partial charge in [-0.2, -0.15) is 0 Å². The first-order valence-corrected chi connectivity index (χ1v) is 5.61. The Morgan fingerprint density at radius 2 is 1.93 bits per heavy atom. The highest BCUT2D eigenvalue weighted by Gasteiger charge is 2.07. The number of hydrogen-bond donors (Lipinski definition) is 1. The molecule has 0 saturated carbocycles. The van der Waals surface area contributed by atoms with E-state index in [2.05, 4.69) is 23.7 Å². The van der Waals surface area contributed by atoms with Gasteiger partial charge in [0.2, 0.25) is 0 Å². The van der Waals surface area contributed by atoms with Crippen LogP contribution in [-0.2, 0) is 0 Å². The summed E-state index contributed by atoms with van der Waals surface area (Å²) in [5, 5.41) is 9.62. The lowest BCUT2D eigenvalue weighted by molar-refractivity contribution is 0.173. The monoisotopic (exact) mass is 208 g/mol. The minimum atomic E-state index is -0.386. The molecule has 0 fully saturated rings. The zero-order chi connectivity index (χ0) is 11.3. The Balaban J connectivity index is 2.79. The standard InChI is InChI=1S/C12H20N2O/c1-4-11(15)10-7-8-12(13-9-10)14(5-2)6-3/h7-9,11,15H,4-6H2,1-3H3. The number of hydrogen-bond acceptors (Lipinski definition) is 3. The van der Waals surface area contributed by atoms with Crippen LogP contribution in [0.4, 0.5) is 5.82 Å². The Hall–Kier alpha value is -1.09. The van der Waals surface area contributed by atoms with E-state index in [1.54, 1.807) is 6.20 Å². The summed E-state index contributed by atoms with van der Waals surface area (Å²) in [4.78, 5) is 6.54. The van der Waals surface area contributed by atoms with E-state index < -0.39 is 0 Å². The average Bonchev–Trinajstić information content (AvgIpc) is 2.30. The van der Waals surface area contributed by atoms with E-state index in [4.69, 9.17) is 0 Å². The van der Waals surface area contributed by atoms with Crippen molar-refractivity contribution >= 4 is 5.82 Å². The van der Waals surface area contributed by atoms with Gasteiger partial charge in [0.15, 0.2) is 0 Å². The van der Waals surface area contributed by atoms with Crippen molar-refractivity contribution < 1.29 is 5.11 Å². The van der Waals surface area contributed by atoms with Gasteiger partial charge < -0.3 is 10.0 Å². The van der Waals surface area contributed by atoms with Gasteiger partial charge in [0, 0.05) is 19.3 Å². The first-order chi connectivity index (χ1) is 7.22. The van der Waals surface area contributed by atoms with Gasteiger partial charge in [-0.15, -0.1) is 0 Å². The van der Waals surface area contributed by atoms with Gasteiger partial charge in [-0.1, -0.05) is 13.0 Å². The van der Waals surface area contributed by atoms with E-state index in [-0.39, 0.29) is 6.10 Å². The molecule has 1 aromatic heterocycles. The van der Waals surface area contributed by atoms with Gasteiger partial charge >= 0.3 is 0 Å². The summed E-state index contributed by atoms with van der Waals surface area (Å²) in [6.07, 6.45) is 2.11. The van der Waals surface area contributed by atoms with Gasteiger partial charge in [0.1, 0.15) is 5.82 Å². The van der Waals surface area contributed by atoms with Crippen molar-refractivity contribution in [1.82, 2.24) is 4.98 Å².